The van der Waals surface area contributed by atoms with Crippen LogP contribution in [0.15, 0.2) is 53.4 Å². The normalized spacial score (nSPS) is 17.2. The van der Waals surface area contributed by atoms with Crippen molar-refractivity contribution in [2.45, 2.75) is 42.8 Å². The molecular weight excluding hydrogens is 397 g/mol. The number of hydrogen-bond acceptors (Lipinski definition) is 4. The molecule has 1 atom stereocenters. The van der Waals surface area contributed by atoms with Crippen LogP contribution in [-0.4, -0.2) is 42.2 Å². The first kappa shape index (κ1) is 22.0. The molecule has 2 aromatic carbocycles. The number of rotatable bonds is 5. The predicted molar refractivity (Wildman–Crippen MR) is 111 cm³/mol. The summed E-state index contributed by atoms with van der Waals surface area (Å²) < 4.78 is 41.7. The van der Waals surface area contributed by atoms with Crippen LogP contribution in [0.3, 0.4) is 0 Å². The van der Waals surface area contributed by atoms with Gasteiger partial charge in [-0.3, -0.25) is 4.90 Å². The third kappa shape index (κ3) is 6.39. The summed E-state index contributed by atoms with van der Waals surface area (Å²) in [6.45, 7) is 10.1. The van der Waals surface area contributed by atoms with Crippen molar-refractivity contribution in [3.63, 3.8) is 0 Å². The minimum Gasteiger partial charge on any atom is -0.406 e. The molecule has 1 heterocycles. The topological polar surface area (TPSA) is 24.5 Å². The van der Waals surface area contributed by atoms with Gasteiger partial charge in [-0.15, -0.1) is 24.9 Å². The molecule has 1 fully saturated rings. The highest BCUT2D eigenvalue weighted by molar-refractivity contribution is 8.00. The molecule has 0 aromatic heterocycles. The summed E-state index contributed by atoms with van der Waals surface area (Å²) in [6.07, 6.45) is -4.69. The Balaban J connectivity index is 1.98. The Morgan fingerprint density at radius 2 is 1.59 bits per heavy atom. The van der Waals surface area contributed by atoms with E-state index < -0.39 is 6.36 Å². The highest BCUT2D eigenvalue weighted by Crippen LogP contribution is 2.40. The molecule has 0 saturated carbocycles. The largest absolute Gasteiger partial charge is 0.573 e. The van der Waals surface area contributed by atoms with E-state index in [9.17, 15) is 13.2 Å². The van der Waals surface area contributed by atoms with E-state index in [0.29, 0.717) is 0 Å². The van der Waals surface area contributed by atoms with Crippen LogP contribution in [0, 0.1) is 0 Å². The Morgan fingerprint density at radius 3 is 2.17 bits per heavy atom. The van der Waals surface area contributed by atoms with Crippen LogP contribution < -0.4 is 10.1 Å². The first-order valence-corrected chi connectivity index (χ1v) is 10.5. The van der Waals surface area contributed by atoms with Crippen molar-refractivity contribution in [2.75, 3.05) is 26.2 Å². The van der Waals surface area contributed by atoms with E-state index in [-0.39, 0.29) is 16.5 Å². The number of piperazine rings is 1. The maximum Gasteiger partial charge on any atom is 0.573 e. The van der Waals surface area contributed by atoms with Gasteiger partial charge < -0.3 is 10.1 Å². The van der Waals surface area contributed by atoms with E-state index >= 15 is 0 Å². The van der Waals surface area contributed by atoms with Gasteiger partial charge in [0.25, 0.3) is 0 Å². The summed E-state index contributed by atoms with van der Waals surface area (Å²) in [7, 11) is 0. The zero-order valence-electron chi connectivity index (χ0n) is 16.9. The van der Waals surface area contributed by atoms with Gasteiger partial charge in [-0.1, -0.05) is 51.1 Å². The number of benzene rings is 2. The molecule has 29 heavy (non-hydrogen) atoms. The fraction of sp³-hybridized carbons (Fsp3) is 0.455. The molecule has 7 heteroatoms. The Labute approximate surface area is 174 Å². The van der Waals surface area contributed by atoms with Crippen molar-refractivity contribution in [3.8, 4) is 5.75 Å². The number of alkyl halides is 3. The molecule has 0 amide bonds. The second-order valence-electron chi connectivity index (χ2n) is 8.06. The lowest BCUT2D eigenvalue weighted by atomic mass is 9.96. The smallest absolute Gasteiger partial charge is 0.406 e. The van der Waals surface area contributed by atoms with Crippen LogP contribution in [0.25, 0.3) is 0 Å². The molecule has 1 N–H and O–H groups in total. The number of nitrogens with one attached hydrogen (secondary N) is 1. The number of hydrogen-bond donors (Lipinski definition) is 1. The van der Waals surface area contributed by atoms with Gasteiger partial charge in [0.15, 0.2) is 0 Å². The Morgan fingerprint density at radius 1 is 0.966 bits per heavy atom. The van der Waals surface area contributed by atoms with Crippen molar-refractivity contribution in [1.82, 2.24) is 10.2 Å². The maximum atomic E-state index is 12.5. The molecule has 3 nitrogen and oxygen atoms in total. The summed E-state index contributed by atoms with van der Waals surface area (Å²) in [4.78, 5) is 3.58. The van der Waals surface area contributed by atoms with Crippen LogP contribution in [0.1, 0.15) is 37.9 Å². The number of halogens is 3. The second kappa shape index (κ2) is 8.98. The zero-order valence-corrected chi connectivity index (χ0v) is 17.7. The fourth-order valence-corrected chi connectivity index (χ4v) is 4.61. The van der Waals surface area contributed by atoms with Crippen LogP contribution >= 0.6 is 11.8 Å². The van der Waals surface area contributed by atoms with Gasteiger partial charge in [0.1, 0.15) is 5.75 Å². The lowest BCUT2D eigenvalue weighted by molar-refractivity contribution is -0.274. The van der Waals surface area contributed by atoms with Gasteiger partial charge in [0.05, 0.1) is 6.04 Å². The molecular formula is C22H27F3N2OS. The van der Waals surface area contributed by atoms with Gasteiger partial charge in [-0.25, -0.2) is 0 Å². The van der Waals surface area contributed by atoms with E-state index in [1.807, 2.05) is 23.9 Å². The van der Waals surface area contributed by atoms with E-state index in [4.69, 9.17) is 0 Å². The molecule has 0 spiro atoms. The SMILES string of the molecule is CC(C)(C)Sc1ccccc1[C@@H](c1ccc(OC(F)(F)F)cc1)N1CCNCC1. The molecule has 0 aliphatic carbocycles. The molecule has 2 aromatic rings. The monoisotopic (exact) mass is 424 g/mol. The van der Waals surface area contributed by atoms with Gasteiger partial charge in [0, 0.05) is 35.8 Å². The third-order valence-electron chi connectivity index (χ3n) is 4.58. The minimum absolute atomic E-state index is 0.0249. The fourth-order valence-electron chi connectivity index (χ4n) is 3.51. The summed E-state index contributed by atoms with van der Waals surface area (Å²) in [5.41, 5.74) is 2.14. The molecule has 0 radical (unpaired) electrons. The van der Waals surface area contributed by atoms with E-state index in [1.54, 1.807) is 12.1 Å². The average molecular weight is 425 g/mol. The summed E-state index contributed by atoms with van der Waals surface area (Å²) >= 11 is 1.81. The number of nitrogens with zero attached hydrogens (tertiary/aromatic N) is 1. The van der Waals surface area contributed by atoms with E-state index in [0.717, 1.165) is 31.7 Å². The van der Waals surface area contributed by atoms with Crippen LogP contribution in [0.5, 0.6) is 5.75 Å². The van der Waals surface area contributed by atoms with Gasteiger partial charge in [-0.05, 0) is 29.3 Å². The van der Waals surface area contributed by atoms with Crippen molar-refractivity contribution >= 4 is 11.8 Å². The minimum atomic E-state index is -4.69. The lowest BCUT2D eigenvalue weighted by Gasteiger charge is -2.37. The molecule has 1 aliphatic heterocycles. The van der Waals surface area contributed by atoms with Crippen LogP contribution in [0.2, 0.25) is 0 Å². The van der Waals surface area contributed by atoms with Gasteiger partial charge in [-0.2, -0.15) is 0 Å². The molecule has 0 bridgehead atoms. The van der Waals surface area contributed by atoms with Crippen molar-refractivity contribution < 1.29 is 17.9 Å². The summed E-state index contributed by atoms with van der Waals surface area (Å²) in [5.74, 6) is -0.197. The molecule has 1 aliphatic rings. The lowest BCUT2D eigenvalue weighted by Crippen LogP contribution is -2.45. The average Bonchev–Trinajstić information content (AvgIpc) is 2.63. The highest BCUT2D eigenvalue weighted by Gasteiger charge is 2.32. The molecule has 0 unspecified atom stereocenters. The van der Waals surface area contributed by atoms with Gasteiger partial charge >= 0.3 is 6.36 Å². The first-order valence-electron chi connectivity index (χ1n) is 9.71. The summed E-state index contributed by atoms with van der Waals surface area (Å²) in [5, 5.41) is 3.37. The standard InChI is InChI=1S/C22H27F3N2OS/c1-21(2,3)29-19-7-5-4-6-18(19)20(27-14-12-26-13-15-27)16-8-10-17(11-9-16)28-22(23,24)25/h4-11,20,26H,12-15H2,1-3H3/t20-/m1/s1. The van der Waals surface area contributed by atoms with Crippen molar-refractivity contribution in [2.24, 2.45) is 0 Å². The zero-order chi connectivity index (χ0) is 21.1. The molecule has 158 valence electrons. The number of thioether (sulfide) groups is 1. The Kier molecular flexibility index (Phi) is 6.81. The van der Waals surface area contributed by atoms with Crippen LogP contribution in [-0.2, 0) is 0 Å². The Bertz CT molecular complexity index is 797. The van der Waals surface area contributed by atoms with Crippen LogP contribution in [0.4, 0.5) is 13.2 Å². The van der Waals surface area contributed by atoms with Crippen molar-refractivity contribution in [3.05, 3.63) is 59.7 Å². The third-order valence-corrected chi connectivity index (χ3v) is 5.78. The van der Waals surface area contributed by atoms with E-state index in [1.165, 1.54) is 22.6 Å². The van der Waals surface area contributed by atoms with Crippen molar-refractivity contribution in [1.29, 1.82) is 0 Å². The molecule has 1 saturated heterocycles. The summed E-state index contributed by atoms with van der Waals surface area (Å²) in [6, 6.07) is 14.6. The second-order valence-corrected chi connectivity index (χ2v) is 9.93. The quantitative estimate of drug-likeness (QED) is 0.644. The molecule has 3 rings (SSSR count). The first-order chi connectivity index (χ1) is 13.6. The van der Waals surface area contributed by atoms with Gasteiger partial charge in [0.2, 0.25) is 0 Å². The maximum absolute atomic E-state index is 12.5. The number of ether oxygens (including phenoxy) is 1. The van der Waals surface area contributed by atoms with E-state index in [2.05, 4.69) is 47.9 Å². The highest BCUT2D eigenvalue weighted by atomic mass is 32.2. The predicted octanol–water partition coefficient (Wildman–Crippen LogP) is 5.47. The Hall–Kier alpha value is -1.70.